The number of aliphatic hydroxyl groups is 1. The van der Waals surface area contributed by atoms with Gasteiger partial charge in [-0.05, 0) is 32.3 Å². The second-order valence-corrected chi connectivity index (χ2v) is 7.38. The highest BCUT2D eigenvalue weighted by molar-refractivity contribution is 5.94. The Morgan fingerprint density at radius 2 is 2.11 bits per heavy atom. The van der Waals surface area contributed by atoms with E-state index in [1.807, 2.05) is 6.20 Å². The average molecular weight is 380 g/mol. The molecule has 2 N–H and O–H groups in total. The highest BCUT2D eigenvalue weighted by Crippen LogP contribution is 2.33. The van der Waals surface area contributed by atoms with E-state index in [-0.39, 0.29) is 24.1 Å². The van der Waals surface area contributed by atoms with Crippen LogP contribution in [0, 0.1) is 13.8 Å². The summed E-state index contributed by atoms with van der Waals surface area (Å²) in [7, 11) is 0. The van der Waals surface area contributed by atoms with Gasteiger partial charge < -0.3 is 14.5 Å². The maximum absolute atomic E-state index is 13.0. The summed E-state index contributed by atoms with van der Waals surface area (Å²) in [6.45, 7) is 4.76. The predicted molar refractivity (Wildman–Crippen MR) is 104 cm³/mol. The van der Waals surface area contributed by atoms with Crippen LogP contribution in [-0.4, -0.2) is 44.4 Å². The maximum atomic E-state index is 13.0. The summed E-state index contributed by atoms with van der Waals surface area (Å²) in [4.78, 5) is 14.8. The van der Waals surface area contributed by atoms with E-state index in [1.165, 1.54) is 5.56 Å². The van der Waals surface area contributed by atoms with E-state index in [2.05, 4.69) is 46.5 Å². The van der Waals surface area contributed by atoms with Crippen molar-refractivity contribution in [2.75, 3.05) is 13.1 Å². The first-order valence-electron chi connectivity index (χ1n) is 9.54. The highest BCUT2D eigenvalue weighted by atomic mass is 16.5. The third-order valence-corrected chi connectivity index (χ3v) is 5.49. The number of benzene rings is 1. The van der Waals surface area contributed by atoms with Crippen molar-refractivity contribution in [1.29, 1.82) is 0 Å². The molecular weight excluding hydrogens is 356 g/mol. The van der Waals surface area contributed by atoms with E-state index in [9.17, 15) is 9.90 Å². The molecule has 7 nitrogen and oxygen atoms in total. The van der Waals surface area contributed by atoms with Gasteiger partial charge in [0.25, 0.3) is 5.91 Å². The highest BCUT2D eigenvalue weighted by Gasteiger charge is 2.31. The van der Waals surface area contributed by atoms with Crippen molar-refractivity contribution < 1.29 is 14.4 Å². The van der Waals surface area contributed by atoms with Crippen molar-refractivity contribution in [3.8, 4) is 11.1 Å². The molecule has 3 heterocycles. The van der Waals surface area contributed by atoms with Gasteiger partial charge in [0.2, 0.25) is 0 Å². The molecule has 2 aromatic heterocycles. The molecule has 3 aromatic rings. The minimum atomic E-state index is -0.258. The van der Waals surface area contributed by atoms with E-state index in [4.69, 9.17) is 4.52 Å². The normalized spacial score (nSPS) is 17.1. The Kier molecular flexibility index (Phi) is 5.00. The van der Waals surface area contributed by atoms with E-state index in [0.29, 0.717) is 24.4 Å². The van der Waals surface area contributed by atoms with Gasteiger partial charge in [-0.1, -0.05) is 35.0 Å². The molecule has 0 spiro atoms. The van der Waals surface area contributed by atoms with E-state index >= 15 is 0 Å². The number of carbonyl (C=O) groups is 1. The third-order valence-electron chi connectivity index (χ3n) is 5.49. The van der Waals surface area contributed by atoms with Crippen molar-refractivity contribution in [2.24, 2.45) is 0 Å². The van der Waals surface area contributed by atoms with Gasteiger partial charge in [-0.25, -0.2) is 0 Å². The van der Waals surface area contributed by atoms with E-state index < -0.39 is 0 Å². The third kappa shape index (κ3) is 3.33. The molecule has 1 saturated heterocycles. The van der Waals surface area contributed by atoms with Crippen LogP contribution < -0.4 is 0 Å². The number of aromatic nitrogens is 3. The number of hydrogen-bond donors (Lipinski definition) is 2. The molecule has 0 saturated carbocycles. The molecule has 0 bridgehead atoms. The van der Waals surface area contributed by atoms with Crippen LogP contribution in [0.5, 0.6) is 0 Å². The fourth-order valence-corrected chi connectivity index (χ4v) is 3.86. The number of likely N-dealkylation sites (tertiary alicyclic amines) is 1. The molecule has 7 heteroatoms. The number of H-pyrrole nitrogens is 1. The lowest BCUT2D eigenvalue weighted by molar-refractivity contribution is 0.0692. The summed E-state index contributed by atoms with van der Waals surface area (Å²) in [6.07, 6.45) is 3.73. The molecule has 1 aromatic carbocycles. The van der Waals surface area contributed by atoms with Crippen LogP contribution in [0.1, 0.15) is 51.8 Å². The first kappa shape index (κ1) is 18.4. The van der Waals surface area contributed by atoms with Crippen molar-refractivity contribution in [3.05, 3.63) is 58.7 Å². The number of amides is 1. The SMILES string of the molecule is Cc1ccc(-c2cn[nH]c2C2CCCN(C(=O)c3noc(C)c3CO)C2)cc1. The molecule has 1 amide bonds. The lowest BCUT2D eigenvalue weighted by atomic mass is 9.90. The number of aromatic amines is 1. The number of nitrogens with one attached hydrogen (secondary N) is 1. The lowest BCUT2D eigenvalue weighted by Crippen LogP contribution is -2.39. The number of nitrogens with zero attached hydrogens (tertiary/aromatic N) is 3. The van der Waals surface area contributed by atoms with Crippen LogP contribution in [0.3, 0.4) is 0 Å². The Bertz CT molecular complexity index is 974. The maximum Gasteiger partial charge on any atom is 0.276 e. The Balaban J connectivity index is 1.57. The zero-order chi connectivity index (χ0) is 19.7. The van der Waals surface area contributed by atoms with Crippen molar-refractivity contribution in [1.82, 2.24) is 20.3 Å². The van der Waals surface area contributed by atoms with Gasteiger partial charge in [0, 0.05) is 30.3 Å². The van der Waals surface area contributed by atoms with Gasteiger partial charge in [0.15, 0.2) is 5.69 Å². The molecule has 1 atom stereocenters. The van der Waals surface area contributed by atoms with Crippen molar-refractivity contribution >= 4 is 5.91 Å². The smallest absolute Gasteiger partial charge is 0.276 e. The summed E-state index contributed by atoms with van der Waals surface area (Å²) in [5.74, 6) is 0.457. The standard InChI is InChI=1S/C21H24N4O3/c1-13-5-7-15(8-6-13)17-10-22-23-19(17)16-4-3-9-25(11-16)21(27)20-18(12-26)14(2)28-24-20/h5-8,10,16,26H,3-4,9,11-12H2,1-2H3,(H,22,23). The minimum absolute atomic E-state index is 0.169. The Morgan fingerprint density at radius 1 is 1.32 bits per heavy atom. The molecule has 1 aliphatic rings. The van der Waals surface area contributed by atoms with Gasteiger partial charge in [-0.2, -0.15) is 5.10 Å². The summed E-state index contributed by atoms with van der Waals surface area (Å²) < 4.78 is 5.11. The zero-order valence-electron chi connectivity index (χ0n) is 16.1. The number of rotatable bonds is 4. The van der Waals surface area contributed by atoms with Crippen LogP contribution in [0.25, 0.3) is 11.1 Å². The quantitative estimate of drug-likeness (QED) is 0.725. The van der Waals surface area contributed by atoms with Gasteiger partial charge in [-0.15, -0.1) is 0 Å². The van der Waals surface area contributed by atoms with Crippen molar-refractivity contribution in [3.63, 3.8) is 0 Å². The molecule has 1 fully saturated rings. The Morgan fingerprint density at radius 3 is 2.86 bits per heavy atom. The molecule has 146 valence electrons. The topological polar surface area (TPSA) is 95.3 Å². The molecule has 0 radical (unpaired) electrons. The second-order valence-electron chi connectivity index (χ2n) is 7.38. The number of hydrogen-bond acceptors (Lipinski definition) is 5. The average Bonchev–Trinajstić information content (AvgIpc) is 3.35. The van der Waals surface area contributed by atoms with Crippen molar-refractivity contribution in [2.45, 2.75) is 39.2 Å². The van der Waals surface area contributed by atoms with Crippen LogP contribution in [0.4, 0.5) is 0 Å². The molecule has 1 aliphatic heterocycles. The second kappa shape index (κ2) is 7.59. The van der Waals surface area contributed by atoms with Crippen LogP contribution >= 0.6 is 0 Å². The number of carbonyl (C=O) groups excluding carboxylic acids is 1. The number of aryl methyl sites for hydroxylation is 2. The molecule has 4 rings (SSSR count). The summed E-state index contributed by atoms with van der Waals surface area (Å²) >= 11 is 0. The first-order valence-corrected chi connectivity index (χ1v) is 9.54. The molecular formula is C21H24N4O3. The Hall–Kier alpha value is -2.93. The predicted octanol–water partition coefficient (Wildman–Crippen LogP) is 3.19. The summed E-state index contributed by atoms with van der Waals surface area (Å²) in [6, 6.07) is 8.38. The van der Waals surface area contributed by atoms with Crippen LogP contribution in [0.15, 0.2) is 35.0 Å². The minimum Gasteiger partial charge on any atom is -0.391 e. The summed E-state index contributed by atoms with van der Waals surface area (Å²) in [5, 5.41) is 20.8. The van der Waals surface area contributed by atoms with Gasteiger partial charge in [0.1, 0.15) is 5.76 Å². The molecule has 1 unspecified atom stereocenters. The fourth-order valence-electron chi connectivity index (χ4n) is 3.86. The fraction of sp³-hybridized carbons (Fsp3) is 0.381. The molecule has 28 heavy (non-hydrogen) atoms. The molecule has 0 aliphatic carbocycles. The Labute approximate surface area is 163 Å². The first-order chi connectivity index (χ1) is 13.6. The van der Waals surface area contributed by atoms with Gasteiger partial charge >= 0.3 is 0 Å². The summed E-state index contributed by atoms with van der Waals surface area (Å²) in [5.41, 5.74) is 5.14. The van der Waals surface area contributed by atoms with E-state index in [1.54, 1.807) is 11.8 Å². The number of aliphatic hydroxyl groups excluding tert-OH is 1. The lowest BCUT2D eigenvalue weighted by Gasteiger charge is -2.32. The zero-order valence-corrected chi connectivity index (χ0v) is 16.1. The van der Waals surface area contributed by atoms with Crippen LogP contribution in [-0.2, 0) is 6.61 Å². The van der Waals surface area contributed by atoms with Crippen LogP contribution in [0.2, 0.25) is 0 Å². The largest absolute Gasteiger partial charge is 0.391 e. The van der Waals surface area contributed by atoms with Gasteiger partial charge in [-0.3, -0.25) is 9.89 Å². The monoisotopic (exact) mass is 380 g/mol. The van der Waals surface area contributed by atoms with Gasteiger partial charge in [0.05, 0.1) is 18.4 Å². The number of piperidine rings is 1. The van der Waals surface area contributed by atoms with E-state index in [0.717, 1.165) is 29.7 Å².